The minimum atomic E-state index is -3.82. The highest BCUT2D eigenvalue weighted by Crippen LogP contribution is 2.07. The summed E-state index contributed by atoms with van der Waals surface area (Å²) in [6.45, 7) is 1.09. The summed E-state index contributed by atoms with van der Waals surface area (Å²) in [6.07, 6.45) is 0.516. The fourth-order valence-electron chi connectivity index (χ4n) is 2.03. The molecule has 8 nitrogen and oxygen atoms in total. The first kappa shape index (κ1) is 22.3. The van der Waals surface area contributed by atoms with Gasteiger partial charge in [-0.1, -0.05) is 30.3 Å². The maximum absolute atomic E-state index is 12.2. The molecular formula is C18H23N3O5S. The molecule has 0 radical (unpaired) electrons. The van der Waals surface area contributed by atoms with Gasteiger partial charge in [0, 0.05) is 26.0 Å². The molecule has 0 aromatic heterocycles. The van der Waals surface area contributed by atoms with Gasteiger partial charge < -0.3 is 9.64 Å². The number of hydrogen-bond donors (Lipinski definition) is 0. The van der Waals surface area contributed by atoms with Crippen LogP contribution in [0.5, 0.6) is 0 Å². The molecule has 0 heterocycles. The number of carbonyl (C=O) groups is 2. The quantitative estimate of drug-likeness (QED) is 0.584. The van der Waals surface area contributed by atoms with Gasteiger partial charge in [-0.2, -0.15) is 9.57 Å². The van der Waals surface area contributed by atoms with Crippen molar-refractivity contribution >= 4 is 28.0 Å². The van der Waals surface area contributed by atoms with Gasteiger partial charge in [0.1, 0.15) is 6.54 Å². The Hall–Kier alpha value is -2.70. The number of rotatable bonds is 9. The molecule has 0 saturated heterocycles. The van der Waals surface area contributed by atoms with E-state index in [1.807, 2.05) is 12.1 Å². The van der Waals surface area contributed by atoms with Crippen molar-refractivity contribution in [2.24, 2.45) is 0 Å². The van der Waals surface area contributed by atoms with Gasteiger partial charge in [-0.15, -0.1) is 0 Å². The van der Waals surface area contributed by atoms with Crippen molar-refractivity contribution in [3.05, 3.63) is 41.3 Å². The van der Waals surface area contributed by atoms with E-state index in [-0.39, 0.29) is 13.0 Å². The number of esters is 1. The number of amides is 1. The van der Waals surface area contributed by atoms with Gasteiger partial charge in [-0.25, -0.2) is 8.42 Å². The smallest absolute Gasteiger partial charge is 0.322 e. The number of sulfonamides is 1. The Labute approximate surface area is 159 Å². The molecule has 1 amide bonds. The van der Waals surface area contributed by atoms with Gasteiger partial charge in [0.15, 0.2) is 6.10 Å². The van der Waals surface area contributed by atoms with E-state index >= 15 is 0 Å². The summed E-state index contributed by atoms with van der Waals surface area (Å²) in [5.74, 6) is -1.31. The zero-order valence-electron chi connectivity index (χ0n) is 15.5. The van der Waals surface area contributed by atoms with E-state index in [2.05, 4.69) is 0 Å². The summed E-state index contributed by atoms with van der Waals surface area (Å²) in [6, 6.07) is 10.8. The van der Waals surface area contributed by atoms with Crippen molar-refractivity contribution in [1.29, 1.82) is 5.26 Å². The average Bonchev–Trinajstić information content (AvgIpc) is 2.64. The van der Waals surface area contributed by atoms with Gasteiger partial charge in [0.25, 0.3) is 5.91 Å². The third-order valence-corrected chi connectivity index (χ3v) is 5.09. The van der Waals surface area contributed by atoms with Crippen LogP contribution in [-0.4, -0.2) is 62.8 Å². The van der Waals surface area contributed by atoms with E-state index in [4.69, 9.17) is 10.00 Å². The van der Waals surface area contributed by atoms with Gasteiger partial charge in [-0.3, -0.25) is 9.59 Å². The SMILES string of the molecule is C[C@@H](OC(=O)CN(C)S(=O)(=O)/C=C/c1ccccc1)C(=O)N(C)CCC#N. The lowest BCUT2D eigenvalue weighted by Gasteiger charge is -2.21. The van der Waals surface area contributed by atoms with E-state index in [1.165, 1.54) is 32.0 Å². The number of likely N-dealkylation sites (N-methyl/N-ethyl adjacent to an activating group) is 2. The van der Waals surface area contributed by atoms with Crippen molar-refractivity contribution in [2.75, 3.05) is 27.2 Å². The number of nitrogens with zero attached hydrogens (tertiary/aromatic N) is 3. The molecule has 0 bridgehead atoms. The number of nitriles is 1. The molecular weight excluding hydrogens is 370 g/mol. The first-order valence-corrected chi connectivity index (χ1v) is 9.68. The monoisotopic (exact) mass is 393 g/mol. The Balaban J connectivity index is 2.61. The Bertz CT molecular complexity index is 815. The van der Waals surface area contributed by atoms with E-state index in [1.54, 1.807) is 24.3 Å². The van der Waals surface area contributed by atoms with Crippen LogP contribution in [0.2, 0.25) is 0 Å². The highest BCUT2D eigenvalue weighted by atomic mass is 32.2. The summed E-state index contributed by atoms with van der Waals surface area (Å²) in [5, 5.41) is 9.53. The zero-order valence-corrected chi connectivity index (χ0v) is 16.3. The fourth-order valence-corrected chi connectivity index (χ4v) is 2.85. The molecule has 9 heteroatoms. The summed E-state index contributed by atoms with van der Waals surface area (Å²) in [5.41, 5.74) is 0.705. The number of carbonyl (C=O) groups excluding carboxylic acids is 2. The summed E-state index contributed by atoms with van der Waals surface area (Å²) < 4.78 is 30.3. The topological polar surface area (TPSA) is 108 Å². The predicted octanol–water partition coefficient (Wildman–Crippen LogP) is 1.22. The van der Waals surface area contributed by atoms with E-state index in [0.29, 0.717) is 5.56 Å². The van der Waals surface area contributed by atoms with Crippen LogP contribution in [-0.2, 0) is 24.3 Å². The molecule has 0 saturated carbocycles. The molecule has 146 valence electrons. The number of benzene rings is 1. The predicted molar refractivity (Wildman–Crippen MR) is 100 cm³/mol. The molecule has 0 aliphatic heterocycles. The number of hydrogen-bond acceptors (Lipinski definition) is 6. The third-order valence-electron chi connectivity index (χ3n) is 3.61. The molecule has 0 aliphatic rings. The van der Waals surface area contributed by atoms with Crippen LogP contribution in [0.4, 0.5) is 0 Å². The first-order valence-electron chi connectivity index (χ1n) is 8.18. The lowest BCUT2D eigenvalue weighted by Crippen LogP contribution is -2.40. The second-order valence-corrected chi connectivity index (χ2v) is 7.74. The molecule has 27 heavy (non-hydrogen) atoms. The van der Waals surface area contributed by atoms with Crippen molar-refractivity contribution in [3.8, 4) is 6.07 Å². The summed E-state index contributed by atoms with van der Waals surface area (Å²) in [4.78, 5) is 25.3. The lowest BCUT2D eigenvalue weighted by atomic mass is 10.2. The van der Waals surface area contributed by atoms with E-state index in [9.17, 15) is 18.0 Å². The molecule has 0 unspecified atom stereocenters. The van der Waals surface area contributed by atoms with Crippen molar-refractivity contribution in [2.45, 2.75) is 19.4 Å². The molecule has 0 spiro atoms. The van der Waals surface area contributed by atoms with Crippen LogP contribution in [0.15, 0.2) is 35.7 Å². The standard InChI is InChI=1S/C18H23N3O5S/c1-15(18(23)20(2)12-7-11-19)26-17(22)14-21(3)27(24,25)13-10-16-8-5-4-6-9-16/h4-6,8-10,13,15H,7,12,14H2,1-3H3/b13-10+/t15-/m1/s1. The molecule has 0 N–H and O–H groups in total. The van der Waals surface area contributed by atoms with Crippen LogP contribution in [0.3, 0.4) is 0 Å². The second kappa shape index (κ2) is 10.4. The Morgan fingerprint density at radius 2 is 1.89 bits per heavy atom. The molecule has 1 rings (SSSR count). The number of ether oxygens (including phenoxy) is 1. The average molecular weight is 393 g/mol. The maximum atomic E-state index is 12.2. The third kappa shape index (κ3) is 7.60. The van der Waals surface area contributed by atoms with Crippen molar-refractivity contribution in [1.82, 2.24) is 9.21 Å². The second-order valence-electron chi connectivity index (χ2n) is 5.81. The Morgan fingerprint density at radius 3 is 2.48 bits per heavy atom. The zero-order chi connectivity index (χ0) is 20.4. The first-order chi connectivity index (χ1) is 12.7. The minimum absolute atomic E-state index is 0.164. The Morgan fingerprint density at radius 1 is 1.26 bits per heavy atom. The van der Waals surface area contributed by atoms with E-state index < -0.39 is 34.5 Å². The van der Waals surface area contributed by atoms with Crippen LogP contribution in [0.25, 0.3) is 6.08 Å². The normalized spacial score (nSPS) is 12.6. The molecule has 1 aromatic carbocycles. The van der Waals surface area contributed by atoms with E-state index in [0.717, 1.165) is 9.71 Å². The van der Waals surface area contributed by atoms with Gasteiger partial charge in [0.2, 0.25) is 10.0 Å². The maximum Gasteiger partial charge on any atom is 0.322 e. The van der Waals surface area contributed by atoms with Crippen LogP contribution < -0.4 is 0 Å². The fraction of sp³-hybridized carbons (Fsp3) is 0.389. The Kier molecular flexibility index (Phi) is 8.65. The van der Waals surface area contributed by atoms with Gasteiger partial charge >= 0.3 is 5.97 Å². The molecule has 1 aromatic rings. The van der Waals surface area contributed by atoms with Gasteiger partial charge in [-0.05, 0) is 18.6 Å². The summed E-state index contributed by atoms with van der Waals surface area (Å²) in [7, 11) is -1.07. The van der Waals surface area contributed by atoms with Gasteiger partial charge in [0.05, 0.1) is 12.5 Å². The van der Waals surface area contributed by atoms with Crippen molar-refractivity contribution < 1.29 is 22.7 Å². The molecule has 0 fully saturated rings. The van der Waals surface area contributed by atoms with Crippen LogP contribution >= 0.6 is 0 Å². The largest absolute Gasteiger partial charge is 0.452 e. The lowest BCUT2D eigenvalue weighted by molar-refractivity contribution is -0.158. The molecule has 1 atom stereocenters. The van der Waals surface area contributed by atoms with Crippen LogP contribution in [0.1, 0.15) is 18.9 Å². The minimum Gasteiger partial charge on any atom is -0.452 e. The molecule has 0 aliphatic carbocycles. The highest BCUT2D eigenvalue weighted by Gasteiger charge is 2.24. The van der Waals surface area contributed by atoms with Crippen LogP contribution in [0, 0.1) is 11.3 Å². The van der Waals surface area contributed by atoms with Crippen molar-refractivity contribution in [3.63, 3.8) is 0 Å². The summed E-state index contributed by atoms with van der Waals surface area (Å²) >= 11 is 0. The highest BCUT2D eigenvalue weighted by molar-refractivity contribution is 7.92.